The van der Waals surface area contributed by atoms with Gasteiger partial charge in [-0.05, 0) is 25.5 Å². The van der Waals surface area contributed by atoms with Gasteiger partial charge in [-0.1, -0.05) is 35.9 Å². The van der Waals surface area contributed by atoms with Crippen LogP contribution in [0.2, 0.25) is 0 Å². The molecule has 1 aromatic carbocycles. The lowest BCUT2D eigenvalue weighted by Crippen LogP contribution is -2.09. The summed E-state index contributed by atoms with van der Waals surface area (Å²) in [5.74, 6) is 0.374. The maximum Gasteiger partial charge on any atom is 0.249 e. The predicted octanol–water partition coefficient (Wildman–Crippen LogP) is 3.53. The van der Waals surface area contributed by atoms with Crippen molar-refractivity contribution in [3.05, 3.63) is 54.2 Å². The second kappa shape index (κ2) is 5.81. The Labute approximate surface area is 128 Å². The fraction of sp³-hybridized carbons (Fsp3) is 0.118. The molecule has 2 N–H and O–H groups in total. The zero-order chi connectivity index (χ0) is 15.5. The zero-order valence-corrected chi connectivity index (χ0v) is 12.4. The number of hydrogen-bond donors (Lipinski definition) is 2. The molecule has 3 rings (SSSR count). The lowest BCUT2D eigenvalue weighted by atomic mass is 10.1. The average molecular weight is 292 g/mol. The summed E-state index contributed by atoms with van der Waals surface area (Å²) in [6.45, 7) is 3.75. The quantitative estimate of drug-likeness (QED) is 0.725. The van der Waals surface area contributed by atoms with Gasteiger partial charge < -0.3 is 5.32 Å². The van der Waals surface area contributed by atoms with Gasteiger partial charge in [-0.25, -0.2) is 4.98 Å². The molecule has 110 valence electrons. The Kier molecular flexibility index (Phi) is 3.70. The first kappa shape index (κ1) is 14.0. The number of aromatic amines is 1. The van der Waals surface area contributed by atoms with E-state index in [0.29, 0.717) is 11.5 Å². The van der Waals surface area contributed by atoms with Crippen molar-refractivity contribution in [2.75, 3.05) is 5.32 Å². The number of aromatic nitrogens is 3. The minimum absolute atomic E-state index is 0.185. The molecule has 0 fully saturated rings. The molecule has 1 amide bonds. The monoisotopic (exact) mass is 292 g/mol. The van der Waals surface area contributed by atoms with Gasteiger partial charge in [0.2, 0.25) is 5.91 Å². The van der Waals surface area contributed by atoms with Crippen molar-refractivity contribution in [2.24, 2.45) is 0 Å². The highest BCUT2D eigenvalue weighted by Gasteiger charge is 2.10. The molecular weight excluding hydrogens is 276 g/mol. The summed E-state index contributed by atoms with van der Waals surface area (Å²) < 4.78 is 0. The SMILES string of the molecule is CC(C)=CC(=O)Nc1[nH]nc2ncc(-c3ccccc3)cc12. The van der Waals surface area contributed by atoms with Crippen LogP contribution >= 0.6 is 0 Å². The summed E-state index contributed by atoms with van der Waals surface area (Å²) in [7, 11) is 0. The van der Waals surface area contributed by atoms with Gasteiger partial charge in [-0.15, -0.1) is 0 Å². The average Bonchev–Trinajstić information content (AvgIpc) is 2.89. The first-order valence-corrected chi connectivity index (χ1v) is 6.99. The van der Waals surface area contributed by atoms with E-state index in [4.69, 9.17) is 0 Å². The molecule has 0 aliphatic carbocycles. The molecule has 22 heavy (non-hydrogen) atoms. The van der Waals surface area contributed by atoms with Crippen LogP contribution in [-0.4, -0.2) is 21.1 Å². The third-order valence-electron chi connectivity index (χ3n) is 3.18. The molecule has 0 spiro atoms. The van der Waals surface area contributed by atoms with Gasteiger partial charge in [-0.3, -0.25) is 9.89 Å². The van der Waals surface area contributed by atoms with Crippen molar-refractivity contribution in [2.45, 2.75) is 13.8 Å². The summed E-state index contributed by atoms with van der Waals surface area (Å²) >= 11 is 0. The number of H-pyrrole nitrogens is 1. The Morgan fingerprint density at radius 1 is 1.18 bits per heavy atom. The van der Waals surface area contributed by atoms with Crippen molar-refractivity contribution in [3.8, 4) is 11.1 Å². The number of amides is 1. The molecule has 2 heterocycles. The number of pyridine rings is 1. The lowest BCUT2D eigenvalue weighted by Gasteiger charge is -2.03. The third kappa shape index (κ3) is 2.88. The van der Waals surface area contributed by atoms with Gasteiger partial charge in [0.1, 0.15) is 5.82 Å². The van der Waals surface area contributed by atoms with E-state index in [1.807, 2.05) is 50.2 Å². The smallest absolute Gasteiger partial charge is 0.249 e. The Morgan fingerprint density at radius 3 is 2.68 bits per heavy atom. The van der Waals surface area contributed by atoms with Crippen molar-refractivity contribution in [1.29, 1.82) is 0 Å². The van der Waals surface area contributed by atoms with E-state index < -0.39 is 0 Å². The Hall–Kier alpha value is -2.95. The van der Waals surface area contributed by atoms with Crippen LogP contribution < -0.4 is 5.32 Å². The van der Waals surface area contributed by atoms with E-state index in [9.17, 15) is 4.79 Å². The molecular formula is C17H16N4O. The second-order valence-electron chi connectivity index (χ2n) is 5.27. The molecule has 3 aromatic rings. The fourth-order valence-corrected chi connectivity index (χ4v) is 2.20. The number of nitrogens with one attached hydrogen (secondary N) is 2. The largest absolute Gasteiger partial charge is 0.307 e. The Balaban J connectivity index is 1.99. The van der Waals surface area contributed by atoms with E-state index in [0.717, 1.165) is 22.1 Å². The molecule has 0 bridgehead atoms. The second-order valence-corrected chi connectivity index (χ2v) is 5.27. The summed E-state index contributed by atoms with van der Waals surface area (Å²) in [4.78, 5) is 16.2. The topological polar surface area (TPSA) is 70.7 Å². The van der Waals surface area contributed by atoms with E-state index in [2.05, 4.69) is 20.5 Å². The number of nitrogens with zero attached hydrogens (tertiary/aromatic N) is 2. The van der Waals surface area contributed by atoms with Crippen LogP contribution in [0.15, 0.2) is 54.2 Å². The van der Waals surface area contributed by atoms with Crippen LogP contribution in [0.4, 0.5) is 5.82 Å². The normalized spacial score (nSPS) is 10.5. The van der Waals surface area contributed by atoms with Gasteiger partial charge in [0, 0.05) is 17.8 Å². The molecule has 0 radical (unpaired) electrons. The highest BCUT2D eigenvalue weighted by atomic mass is 16.1. The van der Waals surface area contributed by atoms with E-state index in [1.165, 1.54) is 0 Å². The minimum atomic E-state index is -0.185. The van der Waals surface area contributed by atoms with Crippen molar-refractivity contribution in [1.82, 2.24) is 15.2 Å². The standard InChI is InChI=1S/C17H16N4O/c1-11(2)8-15(22)19-17-14-9-13(10-18-16(14)20-21-17)12-6-4-3-5-7-12/h3-10H,1-2H3,(H2,18,19,20,21,22). The third-order valence-corrected chi connectivity index (χ3v) is 3.18. The van der Waals surface area contributed by atoms with E-state index in [-0.39, 0.29) is 5.91 Å². The van der Waals surface area contributed by atoms with Gasteiger partial charge in [-0.2, -0.15) is 5.10 Å². The summed E-state index contributed by atoms with van der Waals surface area (Å²) in [6, 6.07) is 11.9. The molecule has 0 saturated carbocycles. The number of carbonyl (C=O) groups excluding carboxylic acids is 1. The molecule has 0 aliphatic heterocycles. The fourth-order valence-electron chi connectivity index (χ4n) is 2.20. The number of carbonyl (C=O) groups is 1. The van der Waals surface area contributed by atoms with Crippen LogP contribution in [-0.2, 0) is 4.79 Å². The summed E-state index contributed by atoms with van der Waals surface area (Å²) in [5.41, 5.74) is 3.56. The highest BCUT2D eigenvalue weighted by Crippen LogP contribution is 2.25. The maximum atomic E-state index is 11.9. The van der Waals surface area contributed by atoms with Crippen LogP contribution in [0.1, 0.15) is 13.8 Å². The molecule has 5 nitrogen and oxygen atoms in total. The van der Waals surface area contributed by atoms with Crippen molar-refractivity contribution in [3.63, 3.8) is 0 Å². The van der Waals surface area contributed by atoms with Crippen molar-refractivity contribution >= 4 is 22.8 Å². The molecule has 0 unspecified atom stereocenters. The Morgan fingerprint density at radius 2 is 1.95 bits per heavy atom. The van der Waals surface area contributed by atoms with Crippen LogP contribution in [0.3, 0.4) is 0 Å². The minimum Gasteiger partial charge on any atom is -0.307 e. The number of hydrogen-bond acceptors (Lipinski definition) is 3. The first-order valence-electron chi connectivity index (χ1n) is 6.99. The Bertz CT molecular complexity index is 845. The van der Waals surface area contributed by atoms with Crippen LogP contribution in [0, 0.1) is 0 Å². The van der Waals surface area contributed by atoms with Gasteiger partial charge >= 0.3 is 0 Å². The van der Waals surface area contributed by atoms with Crippen LogP contribution in [0.5, 0.6) is 0 Å². The number of anilines is 1. The molecule has 2 aromatic heterocycles. The molecule has 0 atom stereocenters. The van der Waals surface area contributed by atoms with Gasteiger partial charge in [0.25, 0.3) is 0 Å². The van der Waals surface area contributed by atoms with Crippen molar-refractivity contribution < 1.29 is 4.79 Å². The predicted molar refractivity (Wildman–Crippen MR) is 87.4 cm³/mol. The number of rotatable bonds is 3. The first-order chi connectivity index (χ1) is 10.6. The summed E-state index contributed by atoms with van der Waals surface area (Å²) in [5, 5.41) is 10.5. The molecule has 0 aliphatic rings. The van der Waals surface area contributed by atoms with E-state index in [1.54, 1.807) is 12.3 Å². The summed E-state index contributed by atoms with van der Waals surface area (Å²) in [6.07, 6.45) is 3.32. The lowest BCUT2D eigenvalue weighted by molar-refractivity contribution is -0.112. The van der Waals surface area contributed by atoms with Gasteiger partial charge in [0.05, 0.1) is 5.39 Å². The maximum absolute atomic E-state index is 11.9. The molecule has 5 heteroatoms. The number of allylic oxidation sites excluding steroid dienone is 1. The van der Waals surface area contributed by atoms with Gasteiger partial charge in [0.15, 0.2) is 5.65 Å². The molecule has 0 saturated heterocycles. The highest BCUT2D eigenvalue weighted by molar-refractivity contribution is 6.04. The number of fused-ring (bicyclic) bond motifs is 1. The number of benzene rings is 1. The van der Waals surface area contributed by atoms with E-state index >= 15 is 0 Å². The van der Waals surface area contributed by atoms with Crippen LogP contribution in [0.25, 0.3) is 22.2 Å². The zero-order valence-electron chi connectivity index (χ0n) is 12.4.